The molecule has 2 unspecified atom stereocenters. The first-order valence-electron chi connectivity index (χ1n) is 19.1. The Morgan fingerprint density at radius 3 is 1.35 bits per heavy atom. The van der Waals surface area contributed by atoms with Crippen LogP contribution >= 0.6 is 0 Å². The van der Waals surface area contributed by atoms with E-state index in [1.165, 1.54) is 12.3 Å². The minimum absolute atomic E-state index is 0. The minimum atomic E-state index is -0.990. The molecule has 0 spiro atoms. The van der Waals surface area contributed by atoms with Crippen LogP contribution in [-0.2, 0) is 60.3 Å². The molecule has 3 N–H and O–H groups in total. The molecule has 5 heterocycles. The molecule has 2 aromatic heterocycles. The largest absolute Gasteiger partial charge is 0.510 e. The molecule has 0 saturated heterocycles. The van der Waals surface area contributed by atoms with E-state index in [0.29, 0.717) is 12.0 Å². The summed E-state index contributed by atoms with van der Waals surface area (Å²) < 4.78 is 0. The molecule has 3 radical (unpaired) electrons. The maximum atomic E-state index is 10.1. The average Bonchev–Trinajstić information content (AvgIpc) is 4.01. The van der Waals surface area contributed by atoms with Gasteiger partial charge in [0, 0.05) is 72.6 Å². The van der Waals surface area contributed by atoms with Crippen molar-refractivity contribution in [3.63, 3.8) is 0 Å². The first-order chi connectivity index (χ1) is 28.8. The second-order valence-corrected chi connectivity index (χ2v) is 13.0. The Hall–Kier alpha value is -4.41. The molecule has 69 heavy (non-hydrogen) atoms. The van der Waals surface area contributed by atoms with Crippen molar-refractivity contribution in [1.82, 2.24) is 24.7 Å². The van der Waals surface area contributed by atoms with Gasteiger partial charge >= 0.3 is 5.97 Å². The number of benzene rings is 2. The van der Waals surface area contributed by atoms with Gasteiger partial charge in [-0.3, -0.25) is 0 Å². The van der Waals surface area contributed by atoms with E-state index >= 15 is 0 Å². The van der Waals surface area contributed by atoms with Gasteiger partial charge in [-0.05, 0) is 90.7 Å². The second kappa shape index (κ2) is 51.4. The summed E-state index contributed by atoms with van der Waals surface area (Å²) in [6.07, 6.45) is 20.4. The van der Waals surface area contributed by atoms with Crippen LogP contribution in [0.4, 0.5) is 17.1 Å². The van der Waals surface area contributed by atoms with Gasteiger partial charge in [-0.2, -0.15) is 108 Å². The molecule has 0 fully saturated rings. The van der Waals surface area contributed by atoms with Crippen molar-refractivity contribution < 1.29 is 80.4 Å². The molecule has 0 aliphatic carbocycles. The van der Waals surface area contributed by atoms with E-state index < -0.39 is 5.97 Å². The Kier molecular flexibility index (Phi) is 63.0. The summed E-state index contributed by atoms with van der Waals surface area (Å²) in [5, 5.41) is 34.1. The van der Waals surface area contributed by atoms with Crippen LogP contribution in [0.1, 0.15) is 64.0 Å². The third kappa shape index (κ3) is 39.1. The summed E-state index contributed by atoms with van der Waals surface area (Å²) in [5.41, 5.74) is 3.72. The summed E-state index contributed by atoms with van der Waals surface area (Å²) in [5.74, 6) is -0.990. The zero-order valence-corrected chi connectivity index (χ0v) is 50.3. The summed E-state index contributed by atoms with van der Waals surface area (Å²) >= 11 is 0. The number of rotatable bonds is 6. The smallest absolute Gasteiger partial charge is 0.354 e. The number of hydrogen-bond acceptors (Lipinski definition) is 12. The van der Waals surface area contributed by atoms with E-state index in [0.717, 1.165) is 17.1 Å². The number of nitriles is 1. The Balaban J connectivity index is -0.0000000888. The fourth-order valence-corrected chi connectivity index (χ4v) is 4.42. The van der Waals surface area contributed by atoms with Crippen molar-refractivity contribution in [3.8, 4) is 6.07 Å². The van der Waals surface area contributed by atoms with Crippen molar-refractivity contribution >= 4 is 23.0 Å². The summed E-state index contributed by atoms with van der Waals surface area (Å²) in [7, 11) is 5.94. The number of aliphatic hydroxyl groups is 2. The Morgan fingerprint density at radius 2 is 1.09 bits per heavy atom. The van der Waals surface area contributed by atoms with Crippen molar-refractivity contribution in [1.29, 1.82) is 5.26 Å². The van der Waals surface area contributed by atoms with Crippen molar-refractivity contribution in [3.05, 3.63) is 229 Å². The second-order valence-electron chi connectivity index (χ2n) is 13.0. The zero-order valence-electron chi connectivity index (χ0n) is 43.1. The third-order valence-electron chi connectivity index (χ3n) is 6.93. The van der Waals surface area contributed by atoms with E-state index in [1.54, 1.807) is 50.5 Å². The molecule has 0 bridgehead atoms. The summed E-state index contributed by atoms with van der Waals surface area (Å²) in [6.45, 7) is 17.2. The number of anilines is 3. The number of carboxylic acid groups (broad SMARTS) is 1. The van der Waals surface area contributed by atoms with Gasteiger partial charge in [0.1, 0.15) is 5.69 Å². The molecule has 16 heteroatoms. The van der Waals surface area contributed by atoms with Gasteiger partial charge < -0.3 is 107 Å². The molecule has 2 atom stereocenters. The Bertz CT molecular complexity index is 1770. The fraction of sp³-hybridized carbons (Fsp3) is 0.226. The van der Waals surface area contributed by atoms with E-state index in [1.807, 2.05) is 185 Å². The quantitative estimate of drug-likeness (QED) is 0.158. The maximum absolute atomic E-state index is 10.1. The number of nitrogens with zero attached hydrogens (tertiary/aromatic N) is 9. The number of carboxylic acids is 1. The predicted molar refractivity (Wildman–Crippen MR) is 278 cm³/mol. The van der Waals surface area contributed by atoms with Gasteiger partial charge in [-0.25, -0.2) is 21.1 Å². The predicted octanol–water partition coefficient (Wildman–Crippen LogP) is 10.8. The molecule has 399 valence electrons. The molecule has 7 rings (SSSR count). The average molecular weight is 1480 g/mol. The summed E-state index contributed by atoms with van der Waals surface area (Å²) in [6, 6.07) is 31.2. The first kappa shape index (κ1) is 84.5. The molecule has 0 amide bonds. The topological polar surface area (TPSA) is 147 Å². The van der Waals surface area contributed by atoms with Gasteiger partial charge in [0.25, 0.3) is 0 Å². The molecular formula is C53H77Ir3N9O4-14. The van der Waals surface area contributed by atoms with E-state index in [2.05, 4.69) is 34.2 Å². The van der Waals surface area contributed by atoms with Crippen LogP contribution in [0, 0.1) is 107 Å². The number of aromatic nitrogens is 2. The molecular weight excluding hydrogens is 1400 g/mol. The SMILES string of the molecule is CC(O)CC(C)O.CN1C=CN(c2[c-]cc(C#N)cc2)[CH-]1.CN1C=CN(c2[c-]cccc2)[CH-]1.CN1C=CN(c2[c-]cncc2)[CH-]1.C[CH-]C.C[CH-]C.O=C(O)c1ccccn1.[CH3-].[CH3-].[CH3-].[CH3-].[CH3-].[CH3-].[Ir].[Ir].[Ir]. The maximum Gasteiger partial charge on any atom is 0.354 e. The van der Waals surface area contributed by atoms with Gasteiger partial charge in [-0.15, -0.1) is 17.4 Å². The molecule has 13 nitrogen and oxygen atoms in total. The van der Waals surface area contributed by atoms with Gasteiger partial charge in [0.05, 0.1) is 12.2 Å². The van der Waals surface area contributed by atoms with Crippen molar-refractivity contribution in [2.24, 2.45) is 0 Å². The first-order valence-corrected chi connectivity index (χ1v) is 19.1. The van der Waals surface area contributed by atoms with Crippen LogP contribution in [0.5, 0.6) is 0 Å². The summed E-state index contributed by atoms with van der Waals surface area (Å²) in [4.78, 5) is 29.5. The standard InChI is InChI=1S/C11H9N3.C10H10N2.C9H9N3.C6H5NO2.C5H12O2.2C3H7.6CH3.3Ir/c1-13-6-7-14(9-13)11-4-2-10(8-12)3-5-11;1-11-7-8-12(9-11)10-5-3-2-4-6-10;1-11-6-7-12(8-11)9-2-4-10-5-3-9;8-6(9)5-3-1-2-4-7-5;1-4(6)3-5(2)7;2*1-3-2;;;;;;;;;/h2-4,6-7,9H,1H3;2-5,7-9H,1H3;2,4-8H,1H3;1-4H,(H,8,9);4-7H,3H2,1-2H3;2*3H,1-2H3;6*1H3;;;/q3*-2;;;8*-1;;;. The van der Waals surface area contributed by atoms with Crippen LogP contribution in [0.25, 0.3) is 0 Å². The third-order valence-corrected chi connectivity index (χ3v) is 6.93. The zero-order chi connectivity index (χ0) is 44.7. The van der Waals surface area contributed by atoms with E-state index in [4.69, 9.17) is 20.6 Å². The number of para-hydroxylation sites is 1. The van der Waals surface area contributed by atoms with Gasteiger partial charge in [0.2, 0.25) is 0 Å². The number of carbonyl (C=O) groups is 1. The van der Waals surface area contributed by atoms with Gasteiger partial charge in [-0.1, -0.05) is 24.0 Å². The monoisotopic (exact) mass is 1480 g/mol. The van der Waals surface area contributed by atoms with Crippen LogP contribution < -0.4 is 14.7 Å². The molecule has 0 saturated carbocycles. The van der Waals surface area contributed by atoms with Crippen molar-refractivity contribution in [2.45, 2.75) is 60.2 Å². The Morgan fingerprint density at radius 1 is 0.652 bits per heavy atom. The van der Waals surface area contributed by atoms with E-state index in [9.17, 15) is 4.79 Å². The van der Waals surface area contributed by atoms with Crippen LogP contribution in [0.2, 0.25) is 0 Å². The van der Waals surface area contributed by atoms with E-state index in [-0.39, 0.29) is 123 Å². The fourth-order valence-electron chi connectivity index (χ4n) is 4.42. The number of aliphatic hydroxyl groups excluding tert-OH is 2. The van der Waals surface area contributed by atoms with Crippen LogP contribution in [0.3, 0.4) is 0 Å². The molecule has 3 aliphatic rings. The Labute approximate surface area is 461 Å². The van der Waals surface area contributed by atoms with Gasteiger partial charge in [0.15, 0.2) is 0 Å². The van der Waals surface area contributed by atoms with Crippen molar-refractivity contribution in [2.75, 3.05) is 35.8 Å². The number of pyridine rings is 2. The van der Waals surface area contributed by atoms with Crippen LogP contribution in [0.15, 0.2) is 123 Å². The molecule has 2 aromatic carbocycles. The minimum Gasteiger partial charge on any atom is -0.510 e. The number of hydrogen-bond donors (Lipinski definition) is 3. The molecule has 4 aromatic rings. The molecule has 3 aliphatic heterocycles. The number of aromatic carboxylic acids is 1. The van der Waals surface area contributed by atoms with Crippen LogP contribution in [-0.4, -0.2) is 79.3 Å². The normalized spacial score (nSPS) is 12.0.